The van der Waals surface area contributed by atoms with Gasteiger partial charge in [-0.15, -0.1) is 0 Å². The predicted molar refractivity (Wildman–Crippen MR) is 77.1 cm³/mol. The highest BCUT2D eigenvalue weighted by atomic mass is 16.5. The van der Waals surface area contributed by atoms with Crippen LogP contribution in [0.2, 0.25) is 0 Å². The minimum absolute atomic E-state index is 0.00794. The average molecular weight is 291 g/mol. The number of carbonyl (C=O) groups is 1. The molecule has 0 radical (unpaired) electrons. The van der Waals surface area contributed by atoms with Crippen LogP contribution in [0.3, 0.4) is 0 Å². The molecule has 2 aliphatic rings. The van der Waals surface area contributed by atoms with Gasteiger partial charge in [0.05, 0.1) is 5.60 Å². The summed E-state index contributed by atoms with van der Waals surface area (Å²) in [4.78, 5) is 25.7. The molecule has 0 N–H and O–H groups in total. The molecule has 1 atom stereocenters. The van der Waals surface area contributed by atoms with E-state index in [0.717, 1.165) is 45.3 Å². The zero-order valence-electron chi connectivity index (χ0n) is 12.4. The summed E-state index contributed by atoms with van der Waals surface area (Å²) in [5, 5.41) is 4.05. The highest BCUT2D eigenvalue weighted by Gasteiger charge is 2.37. The average Bonchev–Trinajstić information content (AvgIpc) is 2.83. The van der Waals surface area contributed by atoms with E-state index in [9.17, 15) is 9.59 Å². The zero-order chi connectivity index (χ0) is 14.9. The lowest BCUT2D eigenvalue weighted by molar-refractivity contribution is -0.00693. The summed E-state index contributed by atoms with van der Waals surface area (Å²) in [6.45, 7) is 2.27. The van der Waals surface area contributed by atoms with Crippen LogP contribution < -0.4 is 5.56 Å². The first kappa shape index (κ1) is 14.3. The van der Waals surface area contributed by atoms with E-state index in [1.807, 2.05) is 4.90 Å². The Hall–Kier alpha value is -1.69. The molecule has 21 heavy (non-hydrogen) atoms. The molecule has 2 aliphatic heterocycles. The fourth-order valence-corrected chi connectivity index (χ4v) is 3.30. The third-order valence-electron chi connectivity index (χ3n) is 4.55. The van der Waals surface area contributed by atoms with Crippen LogP contribution in [0.4, 0.5) is 0 Å². The van der Waals surface area contributed by atoms with Crippen molar-refractivity contribution in [1.29, 1.82) is 0 Å². The molecule has 2 saturated heterocycles. The Morgan fingerprint density at radius 2 is 2.05 bits per heavy atom. The number of aromatic nitrogens is 2. The smallest absolute Gasteiger partial charge is 0.274 e. The monoisotopic (exact) mass is 291 g/mol. The van der Waals surface area contributed by atoms with Crippen LogP contribution in [0.5, 0.6) is 0 Å². The van der Waals surface area contributed by atoms with E-state index in [0.29, 0.717) is 12.2 Å². The van der Waals surface area contributed by atoms with E-state index in [1.165, 1.54) is 16.8 Å². The molecule has 6 heteroatoms. The van der Waals surface area contributed by atoms with Gasteiger partial charge in [0, 0.05) is 32.8 Å². The SMILES string of the molecule is Cn1nc(C(=O)N2CCC[C@]3(CCCO3)CC2)ccc1=O. The number of ether oxygens (including phenoxy) is 1. The van der Waals surface area contributed by atoms with Crippen molar-refractivity contribution in [2.75, 3.05) is 19.7 Å². The predicted octanol–water partition coefficient (Wildman–Crippen LogP) is 0.956. The number of hydrogen-bond donors (Lipinski definition) is 0. The molecule has 1 aromatic rings. The van der Waals surface area contributed by atoms with Gasteiger partial charge in [0.2, 0.25) is 0 Å². The number of amides is 1. The first-order chi connectivity index (χ1) is 10.1. The molecular formula is C15H21N3O3. The topological polar surface area (TPSA) is 64.4 Å². The second kappa shape index (κ2) is 5.60. The lowest BCUT2D eigenvalue weighted by Gasteiger charge is -2.26. The number of likely N-dealkylation sites (tertiary alicyclic amines) is 1. The van der Waals surface area contributed by atoms with Gasteiger partial charge in [-0.05, 0) is 38.2 Å². The van der Waals surface area contributed by atoms with Crippen molar-refractivity contribution in [3.05, 3.63) is 28.2 Å². The van der Waals surface area contributed by atoms with E-state index < -0.39 is 0 Å². The maximum absolute atomic E-state index is 12.5. The molecule has 6 nitrogen and oxygen atoms in total. The summed E-state index contributed by atoms with van der Waals surface area (Å²) in [5.41, 5.74) is 0.118. The normalized spacial score (nSPS) is 26.0. The Kier molecular flexibility index (Phi) is 3.80. The maximum Gasteiger partial charge on any atom is 0.274 e. The van der Waals surface area contributed by atoms with Gasteiger partial charge >= 0.3 is 0 Å². The summed E-state index contributed by atoms with van der Waals surface area (Å²) in [7, 11) is 1.56. The van der Waals surface area contributed by atoms with Gasteiger partial charge in [-0.2, -0.15) is 5.10 Å². The van der Waals surface area contributed by atoms with Gasteiger partial charge in [-0.25, -0.2) is 4.68 Å². The Morgan fingerprint density at radius 3 is 2.76 bits per heavy atom. The van der Waals surface area contributed by atoms with Gasteiger partial charge in [0.15, 0.2) is 0 Å². The molecule has 0 aliphatic carbocycles. The Balaban J connectivity index is 1.73. The zero-order valence-corrected chi connectivity index (χ0v) is 12.4. The number of hydrogen-bond acceptors (Lipinski definition) is 4. The molecule has 0 unspecified atom stereocenters. The van der Waals surface area contributed by atoms with Crippen molar-refractivity contribution in [2.45, 2.75) is 37.7 Å². The van der Waals surface area contributed by atoms with Crippen molar-refractivity contribution in [3.63, 3.8) is 0 Å². The molecule has 0 aromatic carbocycles. The number of rotatable bonds is 1. The van der Waals surface area contributed by atoms with Gasteiger partial charge in [0.1, 0.15) is 5.69 Å². The number of aryl methyl sites for hydroxylation is 1. The second-order valence-corrected chi connectivity index (χ2v) is 5.96. The molecule has 1 spiro atoms. The standard InChI is InChI=1S/C15H21N3O3/c1-17-13(19)5-4-12(16-17)14(20)18-9-2-6-15(8-10-18)7-3-11-21-15/h4-5H,2-3,6-11H2,1H3/t15-/m0/s1. The fourth-order valence-electron chi connectivity index (χ4n) is 3.30. The maximum atomic E-state index is 12.5. The third-order valence-corrected chi connectivity index (χ3v) is 4.55. The molecule has 1 aromatic heterocycles. The molecular weight excluding hydrogens is 270 g/mol. The van der Waals surface area contributed by atoms with Crippen LogP contribution in [-0.2, 0) is 11.8 Å². The van der Waals surface area contributed by atoms with Crippen molar-refractivity contribution in [2.24, 2.45) is 7.05 Å². The highest BCUT2D eigenvalue weighted by molar-refractivity contribution is 5.92. The summed E-state index contributed by atoms with van der Waals surface area (Å²) >= 11 is 0. The summed E-state index contributed by atoms with van der Waals surface area (Å²) in [6.07, 6.45) is 5.10. The van der Waals surface area contributed by atoms with Crippen LogP contribution in [0, 0.1) is 0 Å². The minimum atomic E-state index is -0.208. The molecule has 2 fully saturated rings. The Bertz CT molecular complexity index is 590. The van der Waals surface area contributed by atoms with E-state index in [4.69, 9.17) is 4.74 Å². The molecule has 0 bridgehead atoms. The summed E-state index contributed by atoms with van der Waals surface area (Å²) in [6, 6.07) is 2.90. The molecule has 3 heterocycles. The minimum Gasteiger partial charge on any atom is -0.375 e. The van der Waals surface area contributed by atoms with Crippen LogP contribution in [0.15, 0.2) is 16.9 Å². The van der Waals surface area contributed by atoms with Crippen molar-refractivity contribution < 1.29 is 9.53 Å². The van der Waals surface area contributed by atoms with E-state index in [2.05, 4.69) is 5.10 Å². The van der Waals surface area contributed by atoms with Crippen LogP contribution >= 0.6 is 0 Å². The molecule has 114 valence electrons. The van der Waals surface area contributed by atoms with Crippen molar-refractivity contribution >= 4 is 5.91 Å². The van der Waals surface area contributed by atoms with Gasteiger partial charge in [-0.1, -0.05) is 0 Å². The molecule has 0 saturated carbocycles. The molecule has 3 rings (SSSR count). The van der Waals surface area contributed by atoms with Gasteiger partial charge in [-0.3, -0.25) is 9.59 Å². The third kappa shape index (κ3) is 2.85. The van der Waals surface area contributed by atoms with Gasteiger partial charge < -0.3 is 9.64 Å². The number of nitrogens with zero attached hydrogens (tertiary/aromatic N) is 3. The fraction of sp³-hybridized carbons (Fsp3) is 0.667. The second-order valence-electron chi connectivity index (χ2n) is 5.96. The first-order valence-corrected chi connectivity index (χ1v) is 7.57. The summed E-state index contributed by atoms with van der Waals surface area (Å²) < 4.78 is 7.13. The van der Waals surface area contributed by atoms with E-state index in [-0.39, 0.29) is 17.1 Å². The van der Waals surface area contributed by atoms with Gasteiger partial charge in [0.25, 0.3) is 11.5 Å². The lowest BCUT2D eigenvalue weighted by atomic mass is 9.92. The molecule has 1 amide bonds. The number of carbonyl (C=O) groups excluding carboxylic acids is 1. The van der Waals surface area contributed by atoms with Crippen LogP contribution in [0.1, 0.15) is 42.6 Å². The lowest BCUT2D eigenvalue weighted by Crippen LogP contribution is -2.35. The first-order valence-electron chi connectivity index (χ1n) is 7.57. The van der Waals surface area contributed by atoms with Crippen LogP contribution in [-0.4, -0.2) is 45.9 Å². The van der Waals surface area contributed by atoms with Crippen molar-refractivity contribution in [1.82, 2.24) is 14.7 Å². The largest absolute Gasteiger partial charge is 0.375 e. The van der Waals surface area contributed by atoms with Crippen LogP contribution in [0.25, 0.3) is 0 Å². The Morgan fingerprint density at radius 1 is 1.24 bits per heavy atom. The summed E-state index contributed by atoms with van der Waals surface area (Å²) in [5.74, 6) is -0.0966. The van der Waals surface area contributed by atoms with Crippen molar-refractivity contribution in [3.8, 4) is 0 Å². The quantitative estimate of drug-likeness (QED) is 0.773. The van der Waals surface area contributed by atoms with E-state index in [1.54, 1.807) is 7.05 Å². The Labute approximate surface area is 123 Å². The van der Waals surface area contributed by atoms with E-state index >= 15 is 0 Å². The highest BCUT2D eigenvalue weighted by Crippen LogP contribution is 2.35.